The van der Waals surface area contributed by atoms with Gasteiger partial charge in [0.15, 0.2) is 28.9 Å². The van der Waals surface area contributed by atoms with E-state index in [1.807, 2.05) is 66.7 Å². The number of fused-ring (bicyclic) bond motifs is 8. The van der Waals surface area contributed by atoms with Crippen LogP contribution in [0.15, 0.2) is 205 Å². The molecule has 13 rings (SSSR count). The van der Waals surface area contributed by atoms with Crippen LogP contribution in [0, 0.1) is 0 Å². The summed E-state index contributed by atoms with van der Waals surface area (Å²) in [6.07, 6.45) is 1.73. The molecular formula is C56H33N7O. The highest BCUT2D eigenvalue weighted by Crippen LogP contribution is 2.37. The minimum atomic E-state index is 0.515. The largest absolute Gasteiger partial charge is 0.434 e. The summed E-state index contributed by atoms with van der Waals surface area (Å²) in [5, 5.41) is 7.95. The van der Waals surface area contributed by atoms with Crippen molar-refractivity contribution >= 4 is 65.6 Å². The van der Waals surface area contributed by atoms with Crippen molar-refractivity contribution < 1.29 is 4.42 Å². The Morgan fingerprint density at radius 3 is 1.56 bits per heavy atom. The van der Waals surface area contributed by atoms with E-state index in [4.69, 9.17) is 29.3 Å². The molecule has 0 unspecified atom stereocenters. The number of pyridine rings is 1. The molecule has 8 aromatic carbocycles. The number of hydrogen-bond acceptors (Lipinski definition) is 7. The van der Waals surface area contributed by atoms with Crippen molar-refractivity contribution in [1.29, 1.82) is 0 Å². The van der Waals surface area contributed by atoms with Gasteiger partial charge in [-0.15, -0.1) is 0 Å². The number of benzene rings is 8. The molecule has 0 atom stereocenters. The second kappa shape index (κ2) is 14.4. The summed E-state index contributed by atoms with van der Waals surface area (Å²) in [7, 11) is 0. The molecule has 298 valence electrons. The molecule has 0 amide bonds. The number of para-hydroxylation sites is 2. The molecule has 8 heteroatoms. The van der Waals surface area contributed by atoms with Gasteiger partial charge < -0.3 is 8.98 Å². The van der Waals surface area contributed by atoms with Crippen LogP contribution in [0.1, 0.15) is 0 Å². The van der Waals surface area contributed by atoms with Crippen LogP contribution in [0.25, 0.3) is 128 Å². The number of aromatic nitrogens is 7. The Labute approximate surface area is 365 Å². The molecule has 0 aliphatic heterocycles. The van der Waals surface area contributed by atoms with E-state index >= 15 is 0 Å². The Morgan fingerprint density at radius 1 is 0.359 bits per heavy atom. The molecule has 0 aliphatic carbocycles. The first-order valence-electron chi connectivity index (χ1n) is 21.2. The van der Waals surface area contributed by atoms with Gasteiger partial charge in [-0.1, -0.05) is 127 Å². The van der Waals surface area contributed by atoms with Crippen LogP contribution < -0.4 is 0 Å². The van der Waals surface area contributed by atoms with E-state index in [2.05, 4.69) is 137 Å². The van der Waals surface area contributed by atoms with Gasteiger partial charge in [0.1, 0.15) is 11.2 Å². The van der Waals surface area contributed by atoms with Crippen molar-refractivity contribution in [1.82, 2.24) is 34.5 Å². The summed E-state index contributed by atoms with van der Waals surface area (Å²) in [5.74, 6) is 2.34. The zero-order valence-corrected chi connectivity index (χ0v) is 34.1. The fourth-order valence-corrected chi connectivity index (χ4v) is 8.97. The molecule has 8 nitrogen and oxygen atoms in total. The van der Waals surface area contributed by atoms with Gasteiger partial charge in [0.05, 0.1) is 16.4 Å². The summed E-state index contributed by atoms with van der Waals surface area (Å²) < 4.78 is 8.70. The molecule has 0 radical (unpaired) electrons. The van der Waals surface area contributed by atoms with Gasteiger partial charge in [-0.2, -0.15) is 0 Å². The van der Waals surface area contributed by atoms with Crippen molar-refractivity contribution in [3.8, 4) is 62.5 Å². The van der Waals surface area contributed by atoms with Crippen molar-refractivity contribution in [2.24, 2.45) is 0 Å². The first kappa shape index (κ1) is 35.8. The number of nitrogens with zero attached hydrogens (tertiary/aromatic N) is 7. The lowest BCUT2D eigenvalue weighted by Gasteiger charge is -2.11. The van der Waals surface area contributed by atoms with Crippen molar-refractivity contribution in [2.45, 2.75) is 0 Å². The maximum Gasteiger partial charge on any atom is 0.229 e. The fourth-order valence-electron chi connectivity index (χ4n) is 8.97. The molecule has 5 aromatic heterocycles. The van der Waals surface area contributed by atoms with Crippen LogP contribution in [0.5, 0.6) is 0 Å². The maximum absolute atomic E-state index is 6.40. The molecule has 0 bridgehead atoms. The van der Waals surface area contributed by atoms with Crippen LogP contribution in [0.3, 0.4) is 0 Å². The molecule has 64 heavy (non-hydrogen) atoms. The van der Waals surface area contributed by atoms with Crippen LogP contribution in [-0.2, 0) is 0 Å². The first-order chi connectivity index (χ1) is 31.7. The Kier molecular flexibility index (Phi) is 8.04. The van der Waals surface area contributed by atoms with Crippen LogP contribution in [0.4, 0.5) is 0 Å². The van der Waals surface area contributed by atoms with E-state index in [1.54, 1.807) is 6.20 Å². The van der Waals surface area contributed by atoms with Gasteiger partial charge in [0.25, 0.3) is 0 Å². The topological polar surface area (TPSA) is 95.4 Å². The summed E-state index contributed by atoms with van der Waals surface area (Å²) >= 11 is 0. The molecule has 13 aromatic rings. The Morgan fingerprint density at radius 2 is 0.875 bits per heavy atom. The number of furan rings is 1. The second-order valence-electron chi connectivity index (χ2n) is 16.0. The van der Waals surface area contributed by atoms with Crippen LogP contribution in [-0.4, -0.2) is 34.5 Å². The second-order valence-corrected chi connectivity index (χ2v) is 16.0. The van der Waals surface area contributed by atoms with E-state index in [9.17, 15) is 0 Å². The third kappa shape index (κ3) is 5.92. The van der Waals surface area contributed by atoms with E-state index in [0.717, 1.165) is 60.7 Å². The Hall–Kier alpha value is -8.88. The van der Waals surface area contributed by atoms with Gasteiger partial charge in [-0.05, 0) is 88.3 Å². The Bertz CT molecular complexity index is 3900. The van der Waals surface area contributed by atoms with E-state index < -0.39 is 0 Å². The minimum Gasteiger partial charge on any atom is -0.434 e. The molecule has 0 aliphatic rings. The monoisotopic (exact) mass is 819 g/mol. The molecule has 0 fully saturated rings. The minimum absolute atomic E-state index is 0.515. The number of hydrogen-bond donors (Lipinski definition) is 0. The molecule has 0 spiro atoms. The van der Waals surface area contributed by atoms with Crippen molar-refractivity contribution in [3.05, 3.63) is 200 Å². The fraction of sp³-hybridized carbons (Fsp3) is 0. The summed E-state index contributed by atoms with van der Waals surface area (Å²) in [4.78, 5) is 30.0. The smallest absolute Gasteiger partial charge is 0.229 e. The standard InChI is InChI=1S/C56H33N7O/c1-2-11-35(12-3-1)52-60-53(62-54(61-52)37-26-28-43(29-27-37)63-47-18-8-6-15-44(47)45-16-7-9-19-48(45)63)36-22-20-34(21-23-36)49-51-50(46-17-10-30-57-56(46)64-51)59-55(58-49)41-25-24-40-31-38-13-4-5-14-39(38)32-42(40)33-41/h1-33H. The molecule has 0 N–H and O–H groups in total. The summed E-state index contributed by atoms with van der Waals surface area (Å²) in [5.41, 5.74) is 10.3. The van der Waals surface area contributed by atoms with Crippen LogP contribution in [0.2, 0.25) is 0 Å². The lowest BCUT2D eigenvalue weighted by molar-refractivity contribution is 0.652. The quantitative estimate of drug-likeness (QED) is 0.154. The van der Waals surface area contributed by atoms with Gasteiger partial charge >= 0.3 is 0 Å². The zero-order valence-electron chi connectivity index (χ0n) is 34.1. The first-order valence-corrected chi connectivity index (χ1v) is 21.2. The lowest BCUT2D eigenvalue weighted by atomic mass is 10.0. The lowest BCUT2D eigenvalue weighted by Crippen LogP contribution is -2.00. The zero-order chi connectivity index (χ0) is 42.1. The molecule has 5 heterocycles. The summed E-state index contributed by atoms with van der Waals surface area (Å²) in [6, 6.07) is 66.9. The predicted octanol–water partition coefficient (Wildman–Crippen LogP) is 13.7. The SMILES string of the molecule is c1ccc(-c2nc(-c3ccc(-c4nc(-c5ccc6cc7ccccc7cc6c5)nc5c4oc4ncccc45)cc3)nc(-c3ccc(-n4c5ccccc5c5ccccc54)cc3)n2)cc1. The number of rotatable bonds is 6. The van der Waals surface area contributed by atoms with Crippen LogP contribution >= 0.6 is 0 Å². The van der Waals surface area contributed by atoms with Gasteiger partial charge in [0.2, 0.25) is 5.71 Å². The van der Waals surface area contributed by atoms with Gasteiger partial charge in [-0.3, -0.25) is 0 Å². The molecule has 0 saturated heterocycles. The van der Waals surface area contributed by atoms with Crippen molar-refractivity contribution in [2.75, 3.05) is 0 Å². The summed E-state index contributed by atoms with van der Waals surface area (Å²) in [6.45, 7) is 0. The Balaban J connectivity index is 0.908. The van der Waals surface area contributed by atoms with Gasteiger partial charge in [0, 0.05) is 50.5 Å². The molecule has 0 saturated carbocycles. The predicted molar refractivity (Wildman–Crippen MR) is 257 cm³/mol. The third-order valence-corrected chi connectivity index (χ3v) is 12.1. The van der Waals surface area contributed by atoms with E-state index in [0.29, 0.717) is 45.8 Å². The van der Waals surface area contributed by atoms with E-state index in [-0.39, 0.29) is 0 Å². The highest BCUT2D eigenvalue weighted by atomic mass is 16.3. The highest BCUT2D eigenvalue weighted by Gasteiger charge is 2.20. The average Bonchev–Trinajstić information content (AvgIpc) is 3.91. The van der Waals surface area contributed by atoms with E-state index in [1.165, 1.54) is 21.5 Å². The average molecular weight is 820 g/mol. The maximum atomic E-state index is 6.40. The van der Waals surface area contributed by atoms with Crippen molar-refractivity contribution in [3.63, 3.8) is 0 Å². The normalized spacial score (nSPS) is 11.8. The van der Waals surface area contributed by atoms with Gasteiger partial charge in [-0.25, -0.2) is 29.9 Å². The third-order valence-electron chi connectivity index (χ3n) is 12.1. The highest BCUT2D eigenvalue weighted by molar-refractivity contribution is 6.09. The molecular weight excluding hydrogens is 787 g/mol.